The van der Waals surface area contributed by atoms with Crippen LogP contribution in [0, 0.1) is 5.92 Å². The summed E-state index contributed by atoms with van der Waals surface area (Å²) in [6.07, 6.45) is 8.57. The Labute approximate surface area is 123 Å². The Hall–Kier alpha value is -1.95. The van der Waals surface area contributed by atoms with Gasteiger partial charge in [-0.15, -0.1) is 0 Å². The first-order chi connectivity index (χ1) is 10.1. The van der Waals surface area contributed by atoms with Crippen LogP contribution in [0.5, 0.6) is 0 Å². The van der Waals surface area contributed by atoms with Crippen LogP contribution in [0.2, 0.25) is 0 Å². The van der Waals surface area contributed by atoms with Gasteiger partial charge in [0.2, 0.25) is 5.91 Å². The molecule has 3 rings (SSSR count). The molecule has 0 bridgehead atoms. The minimum Gasteiger partial charge on any atom is -0.376 e. The molecule has 0 aliphatic carbocycles. The van der Waals surface area contributed by atoms with Crippen LogP contribution < -0.4 is 5.32 Å². The second-order valence-electron chi connectivity index (χ2n) is 6.07. The van der Waals surface area contributed by atoms with Crippen LogP contribution in [-0.2, 0) is 16.1 Å². The Morgan fingerprint density at radius 2 is 2.38 bits per heavy atom. The third kappa shape index (κ3) is 3.05. The van der Waals surface area contributed by atoms with E-state index in [-0.39, 0.29) is 17.4 Å². The number of carbonyl (C=O) groups is 1. The minimum atomic E-state index is -0.213. The fourth-order valence-corrected chi connectivity index (χ4v) is 2.80. The molecular formula is C15H20N4O2. The molecule has 1 aliphatic rings. The number of rotatable bonds is 3. The van der Waals surface area contributed by atoms with Gasteiger partial charge in [0.1, 0.15) is 0 Å². The van der Waals surface area contributed by atoms with E-state index in [9.17, 15) is 4.79 Å². The van der Waals surface area contributed by atoms with Crippen LogP contribution in [0.15, 0.2) is 24.8 Å². The van der Waals surface area contributed by atoms with Crippen LogP contribution in [0.25, 0.3) is 5.65 Å². The van der Waals surface area contributed by atoms with Gasteiger partial charge in [-0.05, 0) is 26.7 Å². The summed E-state index contributed by atoms with van der Waals surface area (Å²) >= 11 is 0. The van der Waals surface area contributed by atoms with Gasteiger partial charge in [-0.2, -0.15) is 0 Å². The Morgan fingerprint density at radius 3 is 3.19 bits per heavy atom. The number of nitrogens with one attached hydrogen (secondary N) is 1. The van der Waals surface area contributed by atoms with E-state index < -0.39 is 0 Å². The zero-order valence-electron chi connectivity index (χ0n) is 12.4. The molecule has 1 fully saturated rings. The number of amides is 1. The fraction of sp³-hybridized carbons (Fsp3) is 0.533. The summed E-state index contributed by atoms with van der Waals surface area (Å²) in [5, 5.41) is 3.01. The second-order valence-corrected chi connectivity index (χ2v) is 6.07. The average Bonchev–Trinajstić information content (AvgIpc) is 2.87. The average molecular weight is 288 g/mol. The van der Waals surface area contributed by atoms with Gasteiger partial charge in [0.05, 0.1) is 30.2 Å². The van der Waals surface area contributed by atoms with E-state index in [0.29, 0.717) is 13.2 Å². The lowest BCUT2D eigenvalue weighted by Crippen LogP contribution is -2.41. The standard InChI is InChI=1S/C15H20N4O2/c1-15(2)7-11(3-6-21-15)14(20)18-9-12-8-17-13-10-16-4-5-19(12)13/h4-5,8,10-11H,3,6-7,9H2,1-2H3,(H,18,20). The third-order valence-electron chi connectivity index (χ3n) is 3.91. The molecule has 1 amide bonds. The fourth-order valence-electron chi connectivity index (χ4n) is 2.80. The predicted molar refractivity (Wildman–Crippen MR) is 77.6 cm³/mol. The molecule has 6 nitrogen and oxygen atoms in total. The second kappa shape index (κ2) is 5.44. The van der Waals surface area contributed by atoms with E-state index in [1.165, 1.54) is 0 Å². The zero-order valence-corrected chi connectivity index (χ0v) is 12.4. The Morgan fingerprint density at radius 1 is 1.52 bits per heavy atom. The lowest BCUT2D eigenvalue weighted by molar-refractivity contribution is -0.135. The van der Waals surface area contributed by atoms with Crippen LogP contribution in [-0.4, -0.2) is 32.5 Å². The SMILES string of the molecule is CC1(C)CC(C(=O)NCc2cnc3cnccn23)CCO1. The van der Waals surface area contributed by atoms with E-state index in [0.717, 1.165) is 24.2 Å². The molecule has 6 heteroatoms. The molecule has 2 aromatic heterocycles. The molecule has 21 heavy (non-hydrogen) atoms. The maximum atomic E-state index is 12.3. The molecule has 3 heterocycles. The van der Waals surface area contributed by atoms with Crippen LogP contribution in [0.4, 0.5) is 0 Å². The topological polar surface area (TPSA) is 68.5 Å². The first-order valence-electron chi connectivity index (χ1n) is 7.23. The largest absolute Gasteiger partial charge is 0.376 e. The van der Waals surface area contributed by atoms with Crippen molar-refractivity contribution in [2.45, 2.75) is 38.8 Å². The quantitative estimate of drug-likeness (QED) is 0.930. The molecule has 1 atom stereocenters. The molecule has 0 spiro atoms. The van der Waals surface area contributed by atoms with Crippen molar-refractivity contribution in [2.75, 3.05) is 6.61 Å². The maximum Gasteiger partial charge on any atom is 0.223 e. The van der Waals surface area contributed by atoms with E-state index >= 15 is 0 Å². The van der Waals surface area contributed by atoms with Gasteiger partial charge in [0.25, 0.3) is 0 Å². The van der Waals surface area contributed by atoms with Crippen LogP contribution in [0.1, 0.15) is 32.4 Å². The van der Waals surface area contributed by atoms with Crippen LogP contribution >= 0.6 is 0 Å². The van der Waals surface area contributed by atoms with Gasteiger partial charge in [-0.25, -0.2) is 4.98 Å². The summed E-state index contributed by atoms with van der Waals surface area (Å²) in [5.74, 6) is 0.116. The number of imidazole rings is 1. The van der Waals surface area contributed by atoms with Crippen LogP contribution in [0.3, 0.4) is 0 Å². The Bertz CT molecular complexity index is 650. The molecular weight excluding hydrogens is 268 g/mol. The third-order valence-corrected chi connectivity index (χ3v) is 3.91. The van der Waals surface area contributed by atoms with Crippen molar-refractivity contribution in [3.05, 3.63) is 30.5 Å². The predicted octanol–water partition coefficient (Wildman–Crippen LogP) is 1.55. The lowest BCUT2D eigenvalue weighted by atomic mass is 9.88. The van der Waals surface area contributed by atoms with Gasteiger partial charge < -0.3 is 10.1 Å². The van der Waals surface area contributed by atoms with E-state index in [4.69, 9.17) is 4.74 Å². The molecule has 0 radical (unpaired) electrons. The summed E-state index contributed by atoms with van der Waals surface area (Å²) in [6.45, 7) is 5.18. The highest BCUT2D eigenvalue weighted by Crippen LogP contribution is 2.28. The normalized spacial score (nSPS) is 21.3. The summed E-state index contributed by atoms with van der Waals surface area (Å²) in [4.78, 5) is 20.6. The lowest BCUT2D eigenvalue weighted by Gasteiger charge is -2.34. The molecule has 1 unspecified atom stereocenters. The number of nitrogens with zero attached hydrogens (tertiary/aromatic N) is 3. The highest BCUT2D eigenvalue weighted by Gasteiger charge is 2.32. The number of hydrogen-bond donors (Lipinski definition) is 1. The van der Waals surface area contributed by atoms with Gasteiger partial charge in [-0.1, -0.05) is 0 Å². The highest BCUT2D eigenvalue weighted by atomic mass is 16.5. The smallest absolute Gasteiger partial charge is 0.223 e. The zero-order chi connectivity index (χ0) is 14.9. The molecule has 0 saturated carbocycles. The monoisotopic (exact) mass is 288 g/mol. The summed E-state index contributed by atoms with van der Waals surface area (Å²) < 4.78 is 7.58. The Balaban J connectivity index is 1.63. The number of fused-ring (bicyclic) bond motifs is 1. The van der Waals surface area contributed by atoms with Crippen molar-refractivity contribution in [3.63, 3.8) is 0 Å². The summed E-state index contributed by atoms with van der Waals surface area (Å²) in [7, 11) is 0. The number of ether oxygens (including phenoxy) is 1. The molecule has 1 aliphatic heterocycles. The van der Waals surface area contributed by atoms with Gasteiger partial charge in [0.15, 0.2) is 5.65 Å². The Kier molecular flexibility index (Phi) is 3.63. The van der Waals surface area contributed by atoms with E-state index in [1.54, 1.807) is 18.6 Å². The number of hydrogen-bond acceptors (Lipinski definition) is 4. The highest BCUT2D eigenvalue weighted by molar-refractivity contribution is 5.78. The summed E-state index contributed by atoms with van der Waals surface area (Å²) in [6, 6.07) is 0. The van der Waals surface area contributed by atoms with Crippen molar-refractivity contribution in [2.24, 2.45) is 5.92 Å². The first kappa shape index (κ1) is 14.0. The molecule has 0 aromatic carbocycles. The van der Waals surface area contributed by atoms with E-state index in [1.807, 2.05) is 24.4 Å². The van der Waals surface area contributed by atoms with Crippen molar-refractivity contribution in [1.29, 1.82) is 0 Å². The van der Waals surface area contributed by atoms with Gasteiger partial charge in [0, 0.05) is 24.9 Å². The number of carbonyl (C=O) groups excluding carboxylic acids is 1. The minimum absolute atomic E-state index is 0.0228. The van der Waals surface area contributed by atoms with Crippen molar-refractivity contribution in [1.82, 2.24) is 19.7 Å². The van der Waals surface area contributed by atoms with Crippen molar-refractivity contribution >= 4 is 11.6 Å². The van der Waals surface area contributed by atoms with Gasteiger partial charge in [-0.3, -0.25) is 14.2 Å². The molecule has 1 saturated heterocycles. The number of aromatic nitrogens is 3. The van der Waals surface area contributed by atoms with Crippen molar-refractivity contribution < 1.29 is 9.53 Å². The van der Waals surface area contributed by atoms with Gasteiger partial charge >= 0.3 is 0 Å². The van der Waals surface area contributed by atoms with E-state index in [2.05, 4.69) is 15.3 Å². The summed E-state index contributed by atoms with van der Waals surface area (Å²) in [5.41, 5.74) is 1.52. The van der Waals surface area contributed by atoms with Crippen molar-refractivity contribution in [3.8, 4) is 0 Å². The molecule has 2 aromatic rings. The first-order valence-corrected chi connectivity index (χ1v) is 7.23. The molecule has 1 N–H and O–H groups in total. The maximum absolute atomic E-state index is 12.3. The molecule has 112 valence electrons.